The number of hydrogen-bond donors (Lipinski definition) is 0. The van der Waals surface area contributed by atoms with E-state index in [4.69, 9.17) is 4.74 Å². The zero-order valence-electron chi connectivity index (χ0n) is 25.5. The molecule has 2 amide bonds. The van der Waals surface area contributed by atoms with Crippen molar-refractivity contribution in [3.63, 3.8) is 0 Å². The minimum absolute atomic E-state index is 0.155. The molecule has 5 aromatic rings. The van der Waals surface area contributed by atoms with E-state index in [1.165, 1.54) is 16.0 Å². The van der Waals surface area contributed by atoms with Crippen LogP contribution in [0.1, 0.15) is 89.9 Å². The number of carbonyl (C=O) groups is 2. The molecule has 0 unspecified atom stereocenters. The number of imide groups is 1. The van der Waals surface area contributed by atoms with Crippen LogP contribution in [0.25, 0.3) is 10.8 Å². The first-order valence-electron chi connectivity index (χ1n) is 15.1. The summed E-state index contributed by atoms with van der Waals surface area (Å²) in [4.78, 5) is 29.7. The van der Waals surface area contributed by atoms with Crippen LogP contribution < -0.4 is 9.64 Å². The number of amides is 2. The largest absolute Gasteiger partial charge is 0.457 e. The Balaban J connectivity index is 1.37. The highest BCUT2D eigenvalue weighted by molar-refractivity contribution is 6.36. The molecule has 0 saturated carbocycles. The molecule has 0 aliphatic carbocycles. The van der Waals surface area contributed by atoms with Crippen molar-refractivity contribution in [3.05, 3.63) is 137 Å². The molecule has 1 aliphatic heterocycles. The Labute approximate surface area is 253 Å². The number of hydrogen-bond acceptors (Lipinski definition) is 3. The van der Waals surface area contributed by atoms with Gasteiger partial charge in [-0.15, -0.1) is 0 Å². The molecule has 0 spiro atoms. The van der Waals surface area contributed by atoms with Crippen molar-refractivity contribution in [1.82, 2.24) is 0 Å². The van der Waals surface area contributed by atoms with Crippen molar-refractivity contribution in [2.75, 3.05) is 4.90 Å². The summed E-state index contributed by atoms with van der Waals surface area (Å²) < 4.78 is 6.39. The van der Waals surface area contributed by atoms with Crippen molar-refractivity contribution in [2.45, 2.75) is 58.8 Å². The lowest BCUT2D eigenvalue weighted by Gasteiger charge is -2.31. The number of rotatable bonds is 8. The average molecular weight is 568 g/mol. The molecule has 0 aromatic heterocycles. The normalized spacial score (nSPS) is 13.2. The highest BCUT2D eigenvalue weighted by Gasteiger charge is 2.37. The van der Waals surface area contributed by atoms with Crippen LogP contribution in [-0.4, -0.2) is 11.8 Å². The predicted molar refractivity (Wildman–Crippen MR) is 175 cm³/mol. The third kappa shape index (κ3) is 4.91. The minimum atomic E-state index is -0.293. The molecule has 0 atom stereocenters. The Morgan fingerprint density at radius 1 is 0.721 bits per heavy atom. The summed E-state index contributed by atoms with van der Waals surface area (Å²) in [5.74, 6) is 0.874. The fraction of sp³-hybridized carbons (Fsp3) is 0.231. The van der Waals surface area contributed by atoms with Crippen molar-refractivity contribution >= 4 is 28.3 Å². The van der Waals surface area contributed by atoms with Crippen LogP contribution in [0.2, 0.25) is 0 Å². The van der Waals surface area contributed by atoms with Gasteiger partial charge >= 0.3 is 0 Å². The third-order valence-electron chi connectivity index (χ3n) is 8.68. The number of carbonyl (C=O) groups excluding carboxylic acids is 2. The summed E-state index contributed by atoms with van der Waals surface area (Å²) >= 11 is 0. The molecule has 1 heterocycles. The molecule has 6 rings (SSSR count). The summed E-state index contributed by atoms with van der Waals surface area (Å²) in [6.07, 6.45) is 1.71. The molecule has 0 bridgehead atoms. The van der Waals surface area contributed by atoms with Crippen molar-refractivity contribution in [3.8, 4) is 11.5 Å². The highest BCUT2D eigenvalue weighted by atomic mass is 16.5. The number of anilines is 1. The fourth-order valence-corrected chi connectivity index (χ4v) is 6.27. The van der Waals surface area contributed by atoms with Gasteiger partial charge in [0.15, 0.2) is 0 Å². The summed E-state index contributed by atoms with van der Waals surface area (Å²) in [6.45, 7) is 10.7. The van der Waals surface area contributed by atoms with Crippen LogP contribution in [0, 0.1) is 0 Å². The van der Waals surface area contributed by atoms with Gasteiger partial charge in [0.25, 0.3) is 11.8 Å². The number of para-hydroxylation sites is 1. The van der Waals surface area contributed by atoms with Gasteiger partial charge in [-0.1, -0.05) is 114 Å². The van der Waals surface area contributed by atoms with E-state index in [-0.39, 0.29) is 23.1 Å². The summed E-state index contributed by atoms with van der Waals surface area (Å²) in [6, 6.07) is 33.9. The molecule has 4 nitrogen and oxygen atoms in total. The minimum Gasteiger partial charge on any atom is -0.457 e. The van der Waals surface area contributed by atoms with E-state index < -0.39 is 0 Å². The van der Waals surface area contributed by atoms with Crippen LogP contribution in [-0.2, 0) is 11.8 Å². The predicted octanol–water partition coefficient (Wildman–Crippen LogP) is 9.83. The summed E-state index contributed by atoms with van der Waals surface area (Å²) in [7, 11) is 0. The highest BCUT2D eigenvalue weighted by Crippen LogP contribution is 2.42. The van der Waals surface area contributed by atoms with Gasteiger partial charge in [-0.05, 0) is 64.9 Å². The zero-order valence-corrected chi connectivity index (χ0v) is 25.5. The van der Waals surface area contributed by atoms with E-state index in [1.807, 2.05) is 60.7 Å². The van der Waals surface area contributed by atoms with Gasteiger partial charge in [-0.3, -0.25) is 9.59 Å². The van der Waals surface area contributed by atoms with E-state index in [0.717, 1.165) is 35.0 Å². The SMILES string of the molecule is CCCc1cccc(C(C)C)c1N1C(=O)c2cccc3c(Oc4ccc(C(C)(C)c5ccccc5)cc4)ccc(c23)C1=O. The quantitative estimate of drug-likeness (QED) is 0.175. The number of ether oxygens (including phenoxy) is 1. The average Bonchev–Trinajstić information content (AvgIpc) is 3.01. The number of aryl methyl sites for hydroxylation is 1. The monoisotopic (exact) mass is 567 g/mol. The van der Waals surface area contributed by atoms with E-state index >= 15 is 0 Å². The molecule has 0 fully saturated rings. The van der Waals surface area contributed by atoms with Crippen LogP contribution in [0.3, 0.4) is 0 Å². The molecule has 0 saturated heterocycles. The van der Waals surface area contributed by atoms with Crippen LogP contribution in [0.4, 0.5) is 5.69 Å². The fourth-order valence-electron chi connectivity index (χ4n) is 6.27. The molecule has 0 radical (unpaired) electrons. The summed E-state index contributed by atoms with van der Waals surface area (Å²) in [5, 5.41) is 1.39. The summed E-state index contributed by atoms with van der Waals surface area (Å²) in [5.41, 5.74) is 6.05. The van der Waals surface area contributed by atoms with Crippen LogP contribution >= 0.6 is 0 Å². The Morgan fingerprint density at radius 2 is 1.37 bits per heavy atom. The Hall–Kier alpha value is -4.70. The number of nitrogens with zero attached hydrogens (tertiary/aromatic N) is 1. The topological polar surface area (TPSA) is 46.6 Å². The molecule has 1 aliphatic rings. The molecule has 216 valence electrons. The van der Waals surface area contributed by atoms with Crippen LogP contribution in [0.5, 0.6) is 11.5 Å². The second-order valence-electron chi connectivity index (χ2n) is 12.2. The lowest BCUT2D eigenvalue weighted by atomic mass is 9.78. The van der Waals surface area contributed by atoms with Crippen molar-refractivity contribution in [1.29, 1.82) is 0 Å². The maximum atomic E-state index is 14.1. The first-order valence-corrected chi connectivity index (χ1v) is 15.1. The maximum Gasteiger partial charge on any atom is 0.266 e. The van der Waals surface area contributed by atoms with E-state index in [1.54, 1.807) is 6.07 Å². The van der Waals surface area contributed by atoms with Crippen molar-refractivity contribution < 1.29 is 14.3 Å². The second-order valence-corrected chi connectivity index (χ2v) is 12.2. The smallest absolute Gasteiger partial charge is 0.266 e. The van der Waals surface area contributed by atoms with E-state index in [9.17, 15) is 9.59 Å². The Bertz CT molecular complexity index is 1810. The molecule has 43 heavy (non-hydrogen) atoms. The van der Waals surface area contributed by atoms with E-state index in [2.05, 4.69) is 71.0 Å². The van der Waals surface area contributed by atoms with Gasteiger partial charge in [0, 0.05) is 27.3 Å². The number of benzene rings is 5. The molecular weight excluding hydrogens is 530 g/mol. The second kappa shape index (κ2) is 11.2. The first-order chi connectivity index (χ1) is 20.7. The maximum absolute atomic E-state index is 14.1. The third-order valence-corrected chi connectivity index (χ3v) is 8.68. The standard InChI is InChI=1S/C39H37NO3/c1-6-12-26-13-10-16-30(25(2)3)36(26)40-37(41)32-18-11-17-31-34(24-23-33(35(31)32)38(40)42)43-29-21-19-28(20-22-29)39(4,5)27-14-8-7-9-15-27/h7-11,13-25H,6,12H2,1-5H3. The lowest BCUT2D eigenvalue weighted by Crippen LogP contribution is -2.41. The Kier molecular flexibility index (Phi) is 7.39. The van der Waals surface area contributed by atoms with Gasteiger partial charge < -0.3 is 4.74 Å². The van der Waals surface area contributed by atoms with Gasteiger partial charge in [0.05, 0.1) is 5.69 Å². The molecular formula is C39H37NO3. The molecule has 4 heteroatoms. The Morgan fingerprint density at radius 3 is 2.05 bits per heavy atom. The van der Waals surface area contributed by atoms with Crippen LogP contribution in [0.15, 0.2) is 103 Å². The van der Waals surface area contributed by atoms with Crippen molar-refractivity contribution in [2.24, 2.45) is 0 Å². The molecule has 5 aromatic carbocycles. The van der Waals surface area contributed by atoms with E-state index in [0.29, 0.717) is 28.0 Å². The zero-order chi connectivity index (χ0) is 30.3. The lowest BCUT2D eigenvalue weighted by molar-refractivity contribution is 0.0893. The van der Waals surface area contributed by atoms with Gasteiger partial charge in [0.2, 0.25) is 0 Å². The first kappa shape index (κ1) is 28.4. The van der Waals surface area contributed by atoms with Gasteiger partial charge in [-0.2, -0.15) is 0 Å². The van der Waals surface area contributed by atoms with Gasteiger partial charge in [-0.25, -0.2) is 4.90 Å². The molecule has 0 N–H and O–H groups in total. The van der Waals surface area contributed by atoms with Gasteiger partial charge in [0.1, 0.15) is 11.5 Å².